The van der Waals surface area contributed by atoms with Crippen LogP contribution in [0.4, 0.5) is 0 Å². The zero-order chi connectivity index (χ0) is 19.3. The van der Waals surface area contributed by atoms with Gasteiger partial charge >= 0.3 is 5.97 Å². The highest BCUT2D eigenvalue weighted by molar-refractivity contribution is 5.78. The summed E-state index contributed by atoms with van der Waals surface area (Å²) in [5.41, 5.74) is 0.851. The van der Waals surface area contributed by atoms with Crippen molar-refractivity contribution in [3.63, 3.8) is 0 Å². The Morgan fingerprint density at radius 1 is 1.35 bits per heavy atom. The number of ether oxygens (including phenoxy) is 2. The lowest BCUT2D eigenvalue weighted by atomic mass is 9.94. The smallest absolute Gasteiger partial charge is 0.338 e. The van der Waals surface area contributed by atoms with Gasteiger partial charge in [-0.1, -0.05) is 57.1 Å². The maximum absolute atomic E-state index is 11.6. The molecule has 4 heteroatoms. The first kappa shape index (κ1) is 20.9. The Hall–Kier alpha value is -1.39. The minimum atomic E-state index is -1.16. The van der Waals surface area contributed by atoms with Crippen LogP contribution in [0.1, 0.15) is 60.3 Å². The fraction of sp³-hybridized carbons (Fsp3) is 0.682. The Bertz CT molecular complexity index is 577. The Labute approximate surface area is 158 Å². The molecule has 0 saturated carbocycles. The summed E-state index contributed by atoms with van der Waals surface area (Å²) in [6, 6.07) is 0. The van der Waals surface area contributed by atoms with E-state index in [1.807, 2.05) is 25.2 Å². The van der Waals surface area contributed by atoms with Gasteiger partial charge in [0.15, 0.2) is 12.2 Å². The van der Waals surface area contributed by atoms with Gasteiger partial charge in [0, 0.05) is 0 Å². The molecule has 26 heavy (non-hydrogen) atoms. The number of carbonyl (C=O) groups is 1. The molecule has 6 unspecified atom stereocenters. The van der Waals surface area contributed by atoms with E-state index in [4.69, 9.17) is 9.47 Å². The lowest BCUT2D eigenvalue weighted by Crippen LogP contribution is -2.46. The average molecular weight is 363 g/mol. The van der Waals surface area contributed by atoms with Crippen molar-refractivity contribution in [1.29, 1.82) is 0 Å². The summed E-state index contributed by atoms with van der Waals surface area (Å²) >= 11 is 0. The summed E-state index contributed by atoms with van der Waals surface area (Å²) in [7, 11) is 0. The van der Waals surface area contributed by atoms with Gasteiger partial charge in [0.2, 0.25) is 0 Å². The SMILES string of the molecule is CCC(C)CC/C=C(\C)CC(C)/C=C/C=C/C1OC(=O)C(O)C2OC12C. The van der Waals surface area contributed by atoms with Crippen molar-refractivity contribution in [1.82, 2.24) is 0 Å². The standard InChI is InChI=1S/C22H34O4/c1-6-15(2)11-9-12-17(4)14-16(3)10-7-8-13-18-22(5)20(26-22)19(23)21(24)25-18/h7-8,10,12-13,15-16,18-20,23H,6,9,11,14H2,1-5H3/b10-7+,13-8+,17-12+. The molecule has 0 bridgehead atoms. The quantitative estimate of drug-likeness (QED) is 0.287. The highest BCUT2D eigenvalue weighted by Gasteiger charge is 2.67. The lowest BCUT2D eigenvalue weighted by Gasteiger charge is -2.25. The summed E-state index contributed by atoms with van der Waals surface area (Å²) in [6.45, 7) is 10.8. The number of esters is 1. The molecule has 0 aromatic carbocycles. The number of cyclic esters (lactones) is 1. The van der Waals surface area contributed by atoms with Crippen LogP contribution in [-0.4, -0.2) is 35.0 Å². The van der Waals surface area contributed by atoms with E-state index in [1.54, 1.807) is 0 Å². The van der Waals surface area contributed by atoms with E-state index in [0.29, 0.717) is 5.92 Å². The van der Waals surface area contributed by atoms with Crippen LogP contribution in [0.5, 0.6) is 0 Å². The van der Waals surface area contributed by atoms with Crippen LogP contribution < -0.4 is 0 Å². The topological polar surface area (TPSA) is 59.1 Å². The van der Waals surface area contributed by atoms with E-state index >= 15 is 0 Å². The van der Waals surface area contributed by atoms with E-state index in [2.05, 4.69) is 39.8 Å². The minimum absolute atomic E-state index is 0.439. The van der Waals surface area contributed by atoms with Crippen LogP contribution >= 0.6 is 0 Å². The molecular weight excluding hydrogens is 328 g/mol. The maximum Gasteiger partial charge on any atom is 0.338 e. The summed E-state index contributed by atoms with van der Waals surface area (Å²) in [5, 5.41) is 9.66. The number of epoxide rings is 1. The second-order valence-electron chi connectivity index (χ2n) is 8.12. The Morgan fingerprint density at radius 3 is 2.77 bits per heavy atom. The molecule has 4 nitrogen and oxygen atoms in total. The molecule has 146 valence electrons. The predicted molar refractivity (Wildman–Crippen MR) is 104 cm³/mol. The third-order valence-electron chi connectivity index (χ3n) is 5.55. The number of fused-ring (bicyclic) bond motifs is 1. The van der Waals surface area contributed by atoms with E-state index in [-0.39, 0.29) is 0 Å². The van der Waals surface area contributed by atoms with Gasteiger partial charge in [0.05, 0.1) is 0 Å². The molecule has 2 fully saturated rings. The fourth-order valence-electron chi connectivity index (χ4n) is 3.41. The highest BCUT2D eigenvalue weighted by Crippen LogP contribution is 2.46. The van der Waals surface area contributed by atoms with Gasteiger partial charge in [0.25, 0.3) is 0 Å². The summed E-state index contributed by atoms with van der Waals surface area (Å²) in [5.74, 6) is 0.652. The first-order valence-corrected chi connectivity index (χ1v) is 9.85. The van der Waals surface area contributed by atoms with Gasteiger partial charge in [-0.2, -0.15) is 0 Å². The third-order valence-corrected chi connectivity index (χ3v) is 5.55. The monoisotopic (exact) mass is 362 g/mol. The molecule has 0 radical (unpaired) electrons. The van der Waals surface area contributed by atoms with Crippen molar-refractivity contribution < 1.29 is 19.4 Å². The number of rotatable bonds is 9. The van der Waals surface area contributed by atoms with Gasteiger partial charge in [0.1, 0.15) is 11.7 Å². The first-order valence-electron chi connectivity index (χ1n) is 9.85. The number of allylic oxidation sites excluding steroid dienone is 5. The molecule has 0 amide bonds. The second kappa shape index (κ2) is 9.01. The summed E-state index contributed by atoms with van der Waals surface area (Å²) in [4.78, 5) is 11.6. The number of aliphatic hydroxyl groups is 1. The van der Waals surface area contributed by atoms with Crippen molar-refractivity contribution in [3.8, 4) is 0 Å². The Morgan fingerprint density at radius 2 is 2.08 bits per heavy atom. The van der Waals surface area contributed by atoms with Gasteiger partial charge < -0.3 is 14.6 Å². The van der Waals surface area contributed by atoms with Crippen molar-refractivity contribution in [2.75, 3.05) is 0 Å². The van der Waals surface area contributed by atoms with Crippen LogP contribution in [0.25, 0.3) is 0 Å². The molecule has 0 spiro atoms. The normalized spacial score (nSPS) is 34.0. The van der Waals surface area contributed by atoms with Crippen molar-refractivity contribution in [2.45, 2.75) is 84.2 Å². The average Bonchev–Trinajstić information content (AvgIpc) is 3.29. The van der Waals surface area contributed by atoms with Gasteiger partial charge in [-0.05, 0) is 51.0 Å². The molecule has 0 aromatic heterocycles. The van der Waals surface area contributed by atoms with Crippen molar-refractivity contribution in [3.05, 3.63) is 36.0 Å². The predicted octanol–water partition coefficient (Wildman–Crippen LogP) is 4.34. The van der Waals surface area contributed by atoms with Crippen LogP contribution in [0, 0.1) is 11.8 Å². The van der Waals surface area contributed by atoms with Crippen molar-refractivity contribution >= 4 is 5.97 Å². The molecule has 2 saturated heterocycles. The molecule has 2 rings (SSSR count). The molecule has 6 atom stereocenters. The van der Waals surface area contributed by atoms with Crippen LogP contribution in [0.15, 0.2) is 36.0 Å². The lowest BCUT2D eigenvalue weighted by molar-refractivity contribution is -0.162. The summed E-state index contributed by atoms with van der Waals surface area (Å²) in [6.07, 6.45) is 13.0. The fourth-order valence-corrected chi connectivity index (χ4v) is 3.41. The van der Waals surface area contributed by atoms with Gasteiger partial charge in [-0.15, -0.1) is 0 Å². The van der Waals surface area contributed by atoms with E-state index in [1.165, 1.54) is 18.4 Å². The molecule has 2 aliphatic heterocycles. The number of aliphatic hydroxyl groups excluding tert-OH is 1. The number of carbonyl (C=O) groups excluding carboxylic acids is 1. The molecular formula is C22H34O4. The van der Waals surface area contributed by atoms with Gasteiger partial charge in [-0.25, -0.2) is 4.79 Å². The van der Waals surface area contributed by atoms with Gasteiger partial charge in [-0.3, -0.25) is 0 Å². The highest BCUT2D eigenvalue weighted by atomic mass is 16.7. The van der Waals surface area contributed by atoms with E-state index in [9.17, 15) is 9.90 Å². The van der Waals surface area contributed by atoms with Crippen LogP contribution in [-0.2, 0) is 14.3 Å². The molecule has 1 N–H and O–H groups in total. The first-order chi connectivity index (χ1) is 12.3. The molecule has 2 heterocycles. The summed E-state index contributed by atoms with van der Waals surface area (Å²) < 4.78 is 10.7. The largest absolute Gasteiger partial charge is 0.453 e. The number of hydrogen-bond donors (Lipinski definition) is 1. The Balaban J connectivity index is 1.76. The van der Waals surface area contributed by atoms with Crippen molar-refractivity contribution in [2.24, 2.45) is 11.8 Å². The Kier molecular flexibility index (Phi) is 7.24. The molecule has 0 aliphatic carbocycles. The maximum atomic E-state index is 11.6. The number of hydrogen-bond acceptors (Lipinski definition) is 4. The molecule has 0 aromatic rings. The molecule has 2 aliphatic rings. The van der Waals surface area contributed by atoms with Crippen LogP contribution in [0.2, 0.25) is 0 Å². The van der Waals surface area contributed by atoms with Crippen LogP contribution in [0.3, 0.4) is 0 Å². The zero-order valence-electron chi connectivity index (χ0n) is 16.8. The van der Waals surface area contributed by atoms with E-state index in [0.717, 1.165) is 18.8 Å². The minimum Gasteiger partial charge on any atom is -0.453 e. The van der Waals surface area contributed by atoms with E-state index < -0.39 is 29.9 Å². The third kappa shape index (κ3) is 5.31. The zero-order valence-corrected chi connectivity index (χ0v) is 16.8. The second-order valence-corrected chi connectivity index (χ2v) is 8.12.